The number of aromatic nitrogens is 6. The highest BCUT2D eigenvalue weighted by atomic mass is 33.1. The van der Waals surface area contributed by atoms with Crippen LogP contribution in [0, 0.1) is 0 Å². The molecule has 0 spiro atoms. The molecule has 0 radical (unpaired) electrons. The molecule has 0 saturated heterocycles. The van der Waals surface area contributed by atoms with Gasteiger partial charge >= 0.3 is 11.4 Å². The van der Waals surface area contributed by atoms with E-state index in [0.717, 1.165) is 0 Å². The molecule has 0 aliphatic carbocycles. The van der Waals surface area contributed by atoms with E-state index in [0.29, 0.717) is 47.1 Å². The number of hydrogen-bond donors (Lipinski definition) is 4. The van der Waals surface area contributed by atoms with Gasteiger partial charge in [-0.3, -0.25) is 9.59 Å². The van der Waals surface area contributed by atoms with Gasteiger partial charge in [0.05, 0.1) is 11.4 Å². The van der Waals surface area contributed by atoms with Crippen LogP contribution in [-0.2, 0) is 9.59 Å². The van der Waals surface area contributed by atoms with Gasteiger partial charge in [-0.25, -0.2) is 28.9 Å². The highest BCUT2D eigenvalue weighted by molar-refractivity contribution is 8.76. The molecule has 2 amide bonds. The molecule has 0 atom stereocenters. The van der Waals surface area contributed by atoms with Crippen molar-refractivity contribution in [1.29, 1.82) is 0 Å². The SMILES string of the molecule is O=C(CCSSCCC(=O)Nc1ccc(-n2cn[nH]c2=O)cc1)Nc1ccc(-n2cn[nH]c2=O)cc1. The Kier molecular flexibility index (Phi) is 8.41. The molecule has 12 nitrogen and oxygen atoms in total. The predicted octanol–water partition coefficient (Wildman–Crippen LogP) is 2.17. The smallest absolute Gasteiger partial charge is 0.326 e. The van der Waals surface area contributed by atoms with Crippen LogP contribution in [0.5, 0.6) is 0 Å². The average molecular weight is 527 g/mol. The second kappa shape index (κ2) is 12.1. The first-order valence-corrected chi connectivity index (χ1v) is 13.3. The molecule has 0 unspecified atom stereocenters. The summed E-state index contributed by atoms with van der Waals surface area (Å²) < 4.78 is 2.73. The highest BCUT2D eigenvalue weighted by Gasteiger charge is 2.07. The molecular weight excluding hydrogens is 504 g/mol. The van der Waals surface area contributed by atoms with Crippen LogP contribution in [0.2, 0.25) is 0 Å². The largest absolute Gasteiger partial charge is 0.347 e. The standard InChI is InChI=1S/C22H22N8O4S2/c31-19(25-15-1-5-17(6-2-15)29-13-23-27-21(29)33)9-11-35-36-12-10-20(32)26-16-3-7-18(8-4-16)30-14-24-28-22(30)34/h1-8,13-14H,9-12H2,(H,25,31)(H,26,32)(H,27,33)(H,28,34). The Labute approximate surface area is 212 Å². The molecule has 0 bridgehead atoms. The molecule has 2 heterocycles. The van der Waals surface area contributed by atoms with E-state index in [9.17, 15) is 19.2 Å². The zero-order chi connectivity index (χ0) is 25.3. The Hall–Kier alpha value is -4.04. The maximum absolute atomic E-state index is 12.1. The Morgan fingerprint density at radius 2 is 1.08 bits per heavy atom. The van der Waals surface area contributed by atoms with Gasteiger partial charge in [0.25, 0.3) is 0 Å². The summed E-state index contributed by atoms with van der Waals surface area (Å²) in [6.07, 6.45) is 3.44. The van der Waals surface area contributed by atoms with Crippen molar-refractivity contribution in [3.05, 3.63) is 82.2 Å². The third kappa shape index (κ3) is 6.76. The molecule has 2 aromatic heterocycles. The van der Waals surface area contributed by atoms with Crippen molar-refractivity contribution < 1.29 is 9.59 Å². The van der Waals surface area contributed by atoms with Crippen molar-refractivity contribution in [1.82, 2.24) is 29.5 Å². The van der Waals surface area contributed by atoms with Crippen LogP contribution >= 0.6 is 21.6 Å². The summed E-state index contributed by atoms with van der Waals surface area (Å²) in [6.45, 7) is 0. The van der Waals surface area contributed by atoms with Crippen LogP contribution in [0.3, 0.4) is 0 Å². The van der Waals surface area contributed by atoms with Gasteiger partial charge in [-0.05, 0) is 48.5 Å². The van der Waals surface area contributed by atoms with E-state index >= 15 is 0 Å². The number of rotatable bonds is 11. The number of aromatic amines is 2. The van der Waals surface area contributed by atoms with Gasteiger partial charge in [0.15, 0.2) is 0 Å². The third-order valence-electron chi connectivity index (χ3n) is 4.87. The van der Waals surface area contributed by atoms with Crippen LogP contribution in [0.1, 0.15) is 12.8 Å². The van der Waals surface area contributed by atoms with E-state index in [1.807, 2.05) is 0 Å². The number of benzene rings is 2. The van der Waals surface area contributed by atoms with Crippen molar-refractivity contribution in [2.24, 2.45) is 0 Å². The minimum absolute atomic E-state index is 0.116. The lowest BCUT2D eigenvalue weighted by atomic mass is 10.2. The Morgan fingerprint density at radius 1 is 0.694 bits per heavy atom. The van der Waals surface area contributed by atoms with Crippen molar-refractivity contribution in [2.45, 2.75) is 12.8 Å². The topological polar surface area (TPSA) is 160 Å². The Balaban J connectivity index is 1.10. The Morgan fingerprint density at radius 3 is 1.42 bits per heavy atom. The van der Waals surface area contributed by atoms with E-state index in [4.69, 9.17) is 0 Å². The molecule has 4 aromatic rings. The molecule has 2 aromatic carbocycles. The molecule has 0 aliphatic rings. The maximum atomic E-state index is 12.1. The number of anilines is 2. The van der Waals surface area contributed by atoms with Gasteiger partial charge in [-0.2, -0.15) is 10.2 Å². The van der Waals surface area contributed by atoms with E-state index in [1.165, 1.54) is 43.4 Å². The summed E-state index contributed by atoms with van der Waals surface area (Å²) >= 11 is 0. The highest BCUT2D eigenvalue weighted by Crippen LogP contribution is 2.23. The second-order valence-electron chi connectivity index (χ2n) is 7.40. The lowest BCUT2D eigenvalue weighted by Gasteiger charge is -2.07. The zero-order valence-corrected chi connectivity index (χ0v) is 20.5. The number of nitrogens with zero attached hydrogens (tertiary/aromatic N) is 4. The van der Waals surface area contributed by atoms with Gasteiger partial charge in [-0.15, -0.1) is 0 Å². The number of amides is 2. The molecule has 0 aliphatic heterocycles. The summed E-state index contributed by atoms with van der Waals surface area (Å²) in [5, 5.41) is 17.7. The van der Waals surface area contributed by atoms with Crippen molar-refractivity contribution in [3.8, 4) is 11.4 Å². The normalized spacial score (nSPS) is 10.8. The monoisotopic (exact) mass is 526 g/mol. The molecule has 36 heavy (non-hydrogen) atoms. The maximum Gasteiger partial charge on any atom is 0.347 e. The van der Waals surface area contributed by atoms with E-state index in [-0.39, 0.29) is 23.2 Å². The van der Waals surface area contributed by atoms with E-state index < -0.39 is 0 Å². The lowest BCUT2D eigenvalue weighted by Crippen LogP contribution is -2.15. The van der Waals surface area contributed by atoms with Gasteiger partial charge < -0.3 is 10.6 Å². The number of carbonyl (C=O) groups is 2. The van der Waals surface area contributed by atoms with Crippen LogP contribution in [-0.4, -0.2) is 52.8 Å². The van der Waals surface area contributed by atoms with Gasteiger partial charge in [-0.1, -0.05) is 21.6 Å². The van der Waals surface area contributed by atoms with Gasteiger partial charge in [0.2, 0.25) is 11.8 Å². The fourth-order valence-corrected chi connectivity index (χ4v) is 5.09. The van der Waals surface area contributed by atoms with Crippen molar-refractivity contribution in [3.63, 3.8) is 0 Å². The molecule has 4 N–H and O–H groups in total. The number of hydrogen-bond acceptors (Lipinski definition) is 8. The number of nitrogens with one attached hydrogen (secondary N) is 4. The summed E-state index contributed by atoms with van der Waals surface area (Å²) in [4.78, 5) is 47.5. The zero-order valence-electron chi connectivity index (χ0n) is 18.8. The molecule has 186 valence electrons. The number of H-pyrrole nitrogens is 2. The first-order valence-electron chi connectivity index (χ1n) is 10.8. The minimum atomic E-state index is -0.335. The lowest BCUT2D eigenvalue weighted by molar-refractivity contribution is -0.116. The fourth-order valence-electron chi connectivity index (χ4n) is 3.11. The van der Waals surface area contributed by atoms with Crippen LogP contribution in [0.25, 0.3) is 11.4 Å². The number of carbonyl (C=O) groups excluding carboxylic acids is 2. The second-order valence-corrected chi connectivity index (χ2v) is 10.1. The van der Waals surface area contributed by atoms with Crippen LogP contribution in [0.4, 0.5) is 11.4 Å². The van der Waals surface area contributed by atoms with E-state index in [2.05, 4.69) is 31.0 Å². The summed E-state index contributed by atoms with van der Waals surface area (Å²) in [5.41, 5.74) is 1.89. The van der Waals surface area contributed by atoms with Crippen molar-refractivity contribution >= 4 is 44.8 Å². The van der Waals surface area contributed by atoms with Gasteiger partial charge in [0.1, 0.15) is 12.7 Å². The Bertz CT molecular complexity index is 1310. The molecule has 0 fully saturated rings. The predicted molar refractivity (Wildman–Crippen MR) is 140 cm³/mol. The van der Waals surface area contributed by atoms with Crippen molar-refractivity contribution in [2.75, 3.05) is 22.1 Å². The quantitative estimate of drug-likeness (QED) is 0.171. The fraction of sp³-hybridized carbons (Fsp3) is 0.182. The first kappa shape index (κ1) is 25.1. The van der Waals surface area contributed by atoms with Gasteiger partial charge in [0, 0.05) is 35.7 Å². The average Bonchev–Trinajstić information content (AvgIpc) is 3.50. The molecule has 0 saturated carbocycles. The van der Waals surface area contributed by atoms with E-state index in [1.54, 1.807) is 48.5 Å². The third-order valence-corrected chi connectivity index (χ3v) is 7.28. The van der Waals surface area contributed by atoms with Crippen LogP contribution in [0.15, 0.2) is 70.8 Å². The first-order chi connectivity index (χ1) is 17.5. The van der Waals surface area contributed by atoms with Crippen LogP contribution < -0.4 is 22.0 Å². The summed E-state index contributed by atoms with van der Waals surface area (Å²) in [7, 11) is 3.06. The summed E-state index contributed by atoms with van der Waals surface area (Å²) in [5.74, 6) is 0.982. The summed E-state index contributed by atoms with van der Waals surface area (Å²) in [6, 6.07) is 13.8. The minimum Gasteiger partial charge on any atom is -0.326 e. The molecule has 14 heteroatoms. The molecular formula is C22H22N8O4S2. The molecule has 4 rings (SSSR count).